The number of aliphatic hydroxyl groups is 3. The minimum Gasteiger partial charge on any atom is -0.460 e. The van der Waals surface area contributed by atoms with Crippen LogP contribution in [0.15, 0.2) is 0 Å². The van der Waals surface area contributed by atoms with Crippen molar-refractivity contribution in [1.29, 1.82) is 0 Å². The van der Waals surface area contributed by atoms with E-state index in [-0.39, 0.29) is 67.3 Å². The number of amides is 1. The molecule has 3 aliphatic heterocycles. The molecule has 328 valence electrons. The quantitative estimate of drug-likeness (QED) is 0.221. The largest absolute Gasteiger partial charge is 0.460 e. The van der Waals surface area contributed by atoms with Gasteiger partial charge in [0.15, 0.2) is 0 Å². The SMILES string of the molecule is CCC[C@@H]1CC(C)C[C@H](C)C[C@H](OC)[C@H]2O[C@@](O)(C(=O)C(=O)N3CCCC[C@H]3C(=O)O[C@H](C(C)C[C@@H]3CC[C@@H](O)[C@H](OC)C3)[C@H](C)[C@@H](O)CC1=O)[C@H](C)C[C@@H]2OC. The maximum Gasteiger partial charge on any atom is 0.329 e. The van der Waals surface area contributed by atoms with E-state index in [1.165, 1.54) is 4.90 Å². The fourth-order valence-electron chi connectivity index (χ4n) is 10.5. The number of fused-ring (bicyclic) bond motifs is 3. The molecular weight excluding hydrogens is 734 g/mol. The van der Waals surface area contributed by atoms with E-state index in [1.54, 1.807) is 28.3 Å². The molecule has 2 unspecified atom stereocenters. The topological polar surface area (TPSA) is 178 Å². The molecule has 3 N–H and O–H groups in total. The smallest absolute Gasteiger partial charge is 0.329 e. The molecule has 0 aromatic rings. The molecule has 4 rings (SSSR count). The first kappa shape index (κ1) is 47.7. The van der Waals surface area contributed by atoms with Crippen LogP contribution in [0.1, 0.15) is 131 Å². The van der Waals surface area contributed by atoms with Gasteiger partial charge in [-0.3, -0.25) is 14.4 Å². The van der Waals surface area contributed by atoms with Crippen molar-refractivity contribution in [3.8, 4) is 0 Å². The van der Waals surface area contributed by atoms with E-state index in [0.717, 1.165) is 19.3 Å². The number of carbonyl (C=O) groups is 4. The molecule has 3 heterocycles. The molecule has 57 heavy (non-hydrogen) atoms. The molecule has 16 atom stereocenters. The summed E-state index contributed by atoms with van der Waals surface area (Å²) in [6, 6.07) is -1.10. The van der Waals surface area contributed by atoms with Gasteiger partial charge in [0.25, 0.3) is 11.7 Å². The Morgan fingerprint density at radius 3 is 2.12 bits per heavy atom. The van der Waals surface area contributed by atoms with Crippen LogP contribution >= 0.6 is 0 Å². The Morgan fingerprint density at radius 1 is 0.825 bits per heavy atom. The van der Waals surface area contributed by atoms with Crippen LogP contribution in [0.3, 0.4) is 0 Å². The highest BCUT2D eigenvalue weighted by atomic mass is 16.7. The highest BCUT2D eigenvalue weighted by Crippen LogP contribution is 2.40. The van der Waals surface area contributed by atoms with E-state index in [2.05, 4.69) is 20.8 Å². The van der Waals surface area contributed by atoms with E-state index < -0.39 is 77.9 Å². The highest BCUT2D eigenvalue weighted by molar-refractivity contribution is 6.39. The Bertz CT molecular complexity index is 1330. The number of carbonyl (C=O) groups excluding carboxylic acids is 4. The van der Waals surface area contributed by atoms with E-state index in [9.17, 15) is 34.5 Å². The minimum atomic E-state index is -2.48. The molecule has 0 radical (unpaired) electrons. The third-order valence-corrected chi connectivity index (χ3v) is 13.9. The van der Waals surface area contributed by atoms with Crippen molar-refractivity contribution >= 4 is 23.4 Å². The molecule has 13 nitrogen and oxygen atoms in total. The Hall–Kier alpha value is -2.00. The Kier molecular flexibility index (Phi) is 18.0. The van der Waals surface area contributed by atoms with Crippen molar-refractivity contribution in [3.05, 3.63) is 0 Å². The lowest BCUT2D eigenvalue weighted by molar-refractivity contribution is -0.302. The lowest BCUT2D eigenvalue weighted by Crippen LogP contribution is -2.64. The van der Waals surface area contributed by atoms with Gasteiger partial charge in [-0.2, -0.15) is 0 Å². The average Bonchev–Trinajstić information content (AvgIpc) is 3.18. The second-order valence-corrected chi connectivity index (χ2v) is 18.4. The second-order valence-electron chi connectivity index (χ2n) is 18.4. The van der Waals surface area contributed by atoms with Gasteiger partial charge >= 0.3 is 5.97 Å². The van der Waals surface area contributed by atoms with Crippen molar-refractivity contribution in [2.75, 3.05) is 27.9 Å². The third kappa shape index (κ3) is 11.6. The lowest BCUT2D eigenvalue weighted by atomic mass is 9.76. The highest BCUT2D eigenvalue weighted by Gasteiger charge is 2.56. The number of nitrogens with zero attached hydrogens (tertiary/aromatic N) is 1. The van der Waals surface area contributed by atoms with Crippen LogP contribution < -0.4 is 0 Å². The van der Waals surface area contributed by atoms with Crippen LogP contribution in [0.2, 0.25) is 0 Å². The van der Waals surface area contributed by atoms with Crippen LogP contribution in [-0.2, 0) is 42.9 Å². The predicted octanol–water partition coefficient (Wildman–Crippen LogP) is 5.02. The van der Waals surface area contributed by atoms with Gasteiger partial charge in [0, 0.05) is 52.0 Å². The van der Waals surface area contributed by atoms with Crippen LogP contribution in [0, 0.1) is 41.4 Å². The fourth-order valence-corrected chi connectivity index (χ4v) is 10.5. The summed E-state index contributed by atoms with van der Waals surface area (Å²) in [4.78, 5) is 58.1. The van der Waals surface area contributed by atoms with Crippen LogP contribution in [0.25, 0.3) is 0 Å². The summed E-state index contributed by atoms with van der Waals surface area (Å²) in [6.45, 7) is 11.8. The Morgan fingerprint density at radius 2 is 1.47 bits per heavy atom. The normalized spacial score (nSPS) is 41.8. The van der Waals surface area contributed by atoms with E-state index in [4.69, 9.17) is 23.7 Å². The summed E-state index contributed by atoms with van der Waals surface area (Å²) in [5, 5.41) is 34.3. The summed E-state index contributed by atoms with van der Waals surface area (Å²) in [5.41, 5.74) is 0. The number of hydrogen-bond donors (Lipinski definition) is 3. The maximum atomic E-state index is 14.4. The first-order valence-corrected chi connectivity index (χ1v) is 21.9. The van der Waals surface area contributed by atoms with Gasteiger partial charge in [-0.05, 0) is 101 Å². The minimum absolute atomic E-state index is 0.00666. The van der Waals surface area contributed by atoms with E-state index in [0.29, 0.717) is 51.4 Å². The van der Waals surface area contributed by atoms with Gasteiger partial charge in [-0.15, -0.1) is 0 Å². The molecule has 1 saturated carbocycles. The molecule has 13 heteroatoms. The van der Waals surface area contributed by atoms with Gasteiger partial charge < -0.3 is 43.9 Å². The monoisotopic (exact) mass is 810 g/mol. The fraction of sp³-hybridized carbons (Fsp3) is 0.909. The molecule has 4 fully saturated rings. The number of ether oxygens (including phenoxy) is 5. The molecule has 0 spiro atoms. The summed E-state index contributed by atoms with van der Waals surface area (Å²) < 4.78 is 30.0. The number of rotatable bonds is 8. The third-order valence-electron chi connectivity index (χ3n) is 13.9. The molecule has 1 amide bonds. The molecule has 4 aliphatic rings. The van der Waals surface area contributed by atoms with Crippen molar-refractivity contribution in [3.63, 3.8) is 0 Å². The first-order valence-electron chi connectivity index (χ1n) is 21.9. The molecule has 0 aromatic heterocycles. The molecule has 0 aromatic carbocycles. The first-order chi connectivity index (χ1) is 27.0. The van der Waals surface area contributed by atoms with Gasteiger partial charge in [0.1, 0.15) is 24.0 Å². The standard InChI is InChI=1S/C44H75NO12/c1-10-13-31-19-25(2)18-26(3)20-37(54-8)40-38(55-9)22-28(5)44(52,57-40)41(49)42(50)45-17-12-11-14-32(45)43(51)56-39(29(6)34(47)24-35(31)48)27(4)21-30-15-16-33(46)36(23-30)53-7/h25-34,36-40,46-47,52H,10-24H2,1-9H3/t25?,26-,27?,28+,29+,30-,31+,32-,33+,34-,36+,37-,38-,39+,40+,44+/m0/s1. The molecule has 3 saturated heterocycles. The summed E-state index contributed by atoms with van der Waals surface area (Å²) in [5.74, 6) is -6.82. The second kappa shape index (κ2) is 21.5. The van der Waals surface area contributed by atoms with Crippen molar-refractivity contribution in [1.82, 2.24) is 4.90 Å². The van der Waals surface area contributed by atoms with Crippen LogP contribution in [0.4, 0.5) is 0 Å². The lowest BCUT2D eigenvalue weighted by Gasteiger charge is -2.47. The number of ketones is 2. The number of aliphatic hydroxyl groups excluding tert-OH is 2. The summed E-state index contributed by atoms with van der Waals surface area (Å²) in [6.07, 6.45) is 2.99. The van der Waals surface area contributed by atoms with Gasteiger partial charge in [-0.1, -0.05) is 48.0 Å². The van der Waals surface area contributed by atoms with Crippen molar-refractivity contribution < 1.29 is 58.2 Å². The molecular formula is C44H75NO12. The Balaban J connectivity index is 1.72. The van der Waals surface area contributed by atoms with Gasteiger partial charge in [-0.25, -0.2) is 4.79 Å². The maximum absolute atomic E-state index is 14.4. The van der Waals surface area contributed by atoms with Gasteiger partial charge in [0.05, 0.1) is 30.5 Å². The average molecular weight is 810 g/mol. The number of hydrogen-bond acceptors (Lipinski definition) is 12. The van der Waals surface area contributed by atoms with Gasteiger partial charge in [0.2, 0.25) is 5.79 Å². The zero-order valence-corrected chi connectivity index (χ0v) is 36.2. The molecule has 2 bridgehead atoms. The summed E-state index contributed by atoms with van der Waals surface area (Å²) >= 11 is 0. The number of methoxy groups -OCH3 is 3. The number of cyclic esters (lactones) is 1. The zero-order chi connectivity index (χ0) is 42.2. The van der Waals surface area contributed by atoms with Crippen molar-refractivity contribution in [2.24, 2.45) is 41.4 Å². The zero-order valence-electron chi connectivity index (χ0n) is 36.2. The number of piperidine rings is 1. The van der Waals surface area contributed by atoms with Crippen molar-refractivity contribution in [2.45, 2.75) is 186 Å². The predicted molar refractivity (Wildman–Crippen MR) is 213 cm³/mol. The van der Waals surface area contributed by atoms with E-state index >= 15 is 0 Å². The van der Waals surface area contributed by atoms with Crippen LogP contribution in [-0.4, -0.2) is 126 Å². The Labute approximate surface area is 341 Å². The number of esters is 1. The van der Waals surface area contributed by atoms with E-state index in [1.807, 2.05) is 13.8 Å². The number of Topliss-reactive ketones (excluding diaryl/α,β-unsaturated/α-hetero) is 2. The van der Waals surface area contributed by atoms with Crippen LogP contribution in [0.5, 0.6) is 0 Å². The molecule has 1 aliphatic carbocycles. The summed E-state index contributed by atoms with van der Waals surface area (Å²) in [7, 11) is 4.69.